The summed E-state index contributed by atoms with van der Waals surface area (Å²) in [7, 11) is 1.89. The molecule has 0 aromatic carbocycles. The standard InChI is InChI=1S/C28H28N8O/c1-4-18(2)28(37)34-16-23-6-7-24(17-34)36(23)26-8-5-19(11-30-26)25-9-20(22-13-31-33(3)14-22)15-35-27(25)21(10-29)12-32-35/h4-5,8-9,11-15,18,23-24H,1,6-7,16-17H2,2-3H3. The quantitative estimate of drug-likeness (QED) is 0.395. The summed E-state index contributed by atoms with van der Waals surface area (Å²) in [6, 6.07) is 8.98. The maximum atomic E-state index is 12.7. The number of piperazine rings is 1. The van der Waals surface area contributed by atoms with Gasteiger partial charge in [0.05, 0.1) is 29.4 Å². The van der Waals surface area contributed by atoms with Crippen molar-refractivity contribution < 1.29 is 4.79 Å². The summed E-state index contributed by atoms with van der Waals surface area (Å²) in [4.78, 5) is 22.0. The van der Waals surface area contributed by atoms with Crippen molar-refractivity contribution >= 4 is 17.2 Å². The number of pyridine rings is 2. The molecule has 0 N–H and O–H groups in total. The molecule has 9 nitrogen and oxygen atoms in total. The molecule has 9 heteroatoms. The lowest BCUT2D eigenvalue weighted by Crippen LogP contribution is -2.56. The van der Waals surface area contributed by atoms with Gasteiger partial charge in [0.15, 0.2) is 0 Å². The van der Waals surface area contributed by atoms with Crippen molar-refractivity contribution in [3.63, 3.8) is 0 Å². The molecule has 2 fully saturated rings. The van der Waals surface area contributed by atoms with Crippen LogP contribution >= 0.6 is 0 Å². The molecule has 0 radical (unpaired) electrons. The zero-order valence-corrected chi connectivity index (χ0v) is 20.9. The number of aryl methyl sites for hydroxylation is 1. The van der Waals surface area contributed by atoms with Gasteiger partial charge in [-0.2, -0.15) is 15.5 Å². The van der Waals surface area contributed by atoms with Crippen LogP contribution in [-0.4, -0.2) is 60.4 Å². The molecule has 2 aliphatic heterocycles. The van der Waals surface area contributed by atoms with E-state index in [0.29, 0.717) is 18.7 Å². The fraction of sp³-hybridized carbons (Fsp3) is 0.321. The van der Waals surface area contributed by atoms with Gasteiger partial charge in [0, 0.05) is 73.1 Å². The van der Waals surface area contributed by atoms with E-state index >= 15 is 0 Å². The van der Waals surface area contributed by atoms with E-state index in [1.54, 1.807) is 21.5 Å². The number of fused-ring (bicyclic) bond motifs is 3. The van der Waals surface area contributed by atoms with Crippen LogP contribution in [0.25, 0.3) is 27.8 Å². The molecule has 0 aliphatic carbocycles. The van der Waals surface area contributed by atoms with E-state index in [1.807, 2.05) is 43.7 Å². The molecular formula is C28H28N8O. The summed E-state index contributed by atoms with van der Waals surface area (Å²) in [6.07, 6.45) is 13.0. The number of hydrogen-bond donors (Lipinski definition) is 0. The molecule has 2 saturated heterocycles. The molecule has 0 saturated carbocycles. The van der Waals surface area contributed by atoms with Crippen LogP contribution in [0.2, 0.25) is 0 Å². The number of nitriles is 1. The lowest BCUT2D eigenvalue weighted by Gasteiger charge is -2.42. The minimum atomic E-state index is -0.163. The van der Waals surface area contributed by atoms with Crippen molar-refractivity contribution in [1.29, 1.82) is 5.26 Å². The van der Waals surface area contributed by atoms with Gasteiger partial charge in [0.1, 0.15) is 11.9 Å². The first-order valence-corrected chi connectivity index (χ1v) is 12.5. The zero-order chi connectivity index (χ0) is 25.7. The smallest absolute Gasteiger partial charge is 0.229 e. The molecule has 3 unspecified atom stereocenters. The second kappa shape index (κ2) is 8.89. The van der Waals surface area contributed by atoms with Gasteiger partial charge in [-0.1, -0.05) is 13.0 Å². The second-order valence-corrected chi connectivity index (χ2v) is 9.97. The average molecular weight is 493 g/mol. The first-order valence-electron chi connectivity index (χ1n) is 12.5. The maximum Gasteiger partial charge on any atom is 0.229 e. The monoisotopic (exact) mass is 492 g/mol. The molecule has 6 heterocycles. The number of carbonyl (C=O) groups is 1. The minimum Gasteiger partial charge on any atom is -0.347 e. The van der Waals surface area contributed by atoms with Gasteiger partial charge in [-0.05, 0) is 31.0 Å². The number of hydrogen-bond acceptors (Lipinski definition) is 6. The first-order chi connectivity index (χ1) is 18.0. The van der Waals surface area contributed by atoms with Gasteiger partial charge >= 0.3 is 0 Å². The van der Waals surface area contributed by atoms with Crippen molar-refractivity contribution in [2.45, 2.75) is 31.8 Å². The summed E-state index contributed by atoms with van der Waals surface area (Å²) >= 11 is 0. The summed E-state index contributed by atoms with van der Waals surface area (Å²) in [5.74, 6) is 0.916. The third kappa shape index (κ3) is 3.85. The topological polar surface area (TPSA) is 95.4 Å². The molecule has 186 valence electrons. The minimum absolute atomic E-state index is 0.154. The molecule has 2 bridgehead atoms. The fourth-order valence-corrected chi connectivity index (χ4v) is 5.70. The molecule has 0 spiro atoms. The Hall–Kier alpha value is -4.45. The maximum absolute atomic E-state index is 12.7. The third-order valence-corrected chi connectivity index (χ3v) is 7.63. The Morgan fingerprint density at radius 2 is 1.89 bits per heavy atom. The zero-order valence-electron chi connectivity index (χ0n) is 20.9. The third-order valence-electron chi connectivity index (χ3n) is 7.63. The van der Waals surface area contributed by atoms with Crippen LogP contribution in [0.3, 0.4) is 0 Å². The van der Waals surface area contributed by atoms with Crippen molar-refractivity contribution in [3.05, 3.63) is 67.4 Å². The Bertz CT molecular complexity index is 1530. The van der Waals surface area contributed by atoms with Crippen molar-refractivity contribution in [2.24, 2.45) is 13.0 Å². The summed E-state index contributed by atoms with van der Waals surface area (Å²) in [5, 5.41) is 18.4. The highest BCUT2D eigenvalue weighted by Gasteiger charge is 2.42. The Morgan fingerprint density at radius 3 is 2.51 bits per heavy atom. The largest absolute Gasteiger partial charge is 0.347 e. The van der Waals surface area contributed by atoms with E-state index in [0.717, 1.165) is 46.4 Å². The van der Waals surface area contributed by atoms with E-state index in [-0.39, 0.29) is 23.9 Å². The predicted molar refractivity (Wildman–Crippen MR) is 141 cm³/mol. The number of amides is 1. The highest BCUT2D eigenvalue weighted by atomic mass is 16.2. The molecule has 2 aliphatic rings. The first kappa shape index (κ1) is 23.0. The summed E-state index contributed by atoms with van der Waals surface area (Å²) in [6.45, 7) is 7.11. The number of likely N-dealkylation sites (tertiary alicyclic amines) is 1. The van der Waals surface area contributed by atoms with Gasteiger partial charge in [-0.15, -0.1) is 6.58 Å². The van der Waals surface area contributed by atoms with Crippen molar-refractivity contribution in [2.75, 3.05) is 18.0 Å². The fourth-order valence-electron chi connectivity index (χ4n) is 5.70. The van der Waals surface area contributed by atoms with Crippen LogP contribution < -0.4 is 4.90 Å². The molecule has 6 rings (SSSR count). The number of aromatic nitrogens is 5. The Morgan fingerprint density at radius 1 is 1.11 bits per heavy atom. The van der Waals surface area contributed by atoms with E-state index in [2.05, 4.69) is 45.9 Å². The Balaban J connectivity index is 1.33. The molecule has 4 aromatic heterocycles. The van der Waals surface area contributed by atoms with Crippen molar-refractivity contribution in [3.8, 4) is 28.3 Å². The normalized spacial score (nSPS) is 19.7. The molecule has 37 heavy (non-hydrogen) atoms. The van der Waals surface area contributed by atoms with Gasteiger partial charge in [0.25, 0.3) is 0 Å². The van der Waals surface area contributed by atoms with E-state index in [9.17, 15) is 10.1 Å². The molecular weight excluding hydrogens is 464 g/mol. The van der Waals surface area contributed by atoms with Crippen LogP contribution in [0, 0.1) is 17.2 Å². The molecule has 4 aromatic rings. The van der Waals surface area contributed by atoms with Crippen LogP contribution in [0.1, 0.15) is 25.3 Å². The highest BCUT2D eigenvalue weighted by Crippen LogP contribution is 2.36. The van der Waals surface area contributed by atoms with Gasteiger partial charge in [-0.3, -0.25) is 9.48 Å². The van der Waals surface area contributed by atoms with Crippen LogP contribution in [-0.2, 0) is 11.8 Å². The van der Waals surface area contributed by atoms with Gasteiger partial charge in [0.2, 0.25) is 5.91 Å². The van der Waals surface area contributed by atoms with E-state index in [4.69, 9.17) is 4.98 Å². The van der Waals surface area contributed by atoms with Gasteiger partial charge < -0.3 is 9.80 Å². The van der Waals surface area contributed by atoms with Crippen LogP contribution in [0.15, 0.2) is 61.8 Å². The Labute approximate surface area is 215 Å². The lowest BCUT2D eigenvalue weighted by molar-refractivity contribution is -0.134. The molecule has 1 amide bonds. The number of rotatable bonds is 5. The SMILES string of the molecule is C=CC(C)C(=O)N1CC2CCC(C1)N2c1ccc(-c2cc(-c3cnn(C)c3)cn3ncc(C#N)c23)cn1. The summed E-state index contributed by atoms with van der Waals surface area (Å²) < 4.78 is 3.52. The van der Waals surface area contributed by atoms with E-state index in [1.165, 1.54) is 0 Å². The second-order valence-electron chi connectivity index (χ2n) is 9.97. The molecule has 3 atom stereocenters. The van der Waals surface area contributed by atoms with Gasteiger partial charge in [-0.25, -0.2) is 9.50 Å². The predicted octanol–water partition coefficient (Wildman–Crippen LogP) is 3.67. The van der Waals surface area contributed by atoms with Crippen LogP contribution in [0.5, 0.6) is 0 Å². The lowest BCUT2D eigenvalue weighted by atomic mass is 10.0. The number of carbonyl (C=O) groups excluding carboxylic acids is 1. The average Bonchev–Trinajstić information content (AvgIpc) is 3.62. The number of anilines is 1. The summed E-state index contributed by atoms with van der Waals surface area (Å²) in [5.41, 5.74) is 5.01. The number of nitrogens with zero attached hydrogens (tertiary/aromatic N) is 8. The Kier molecular flexibility index (Phi) is 5.52. The van der Waals surface area contributed by atoms with Crippen LogP contribution in [0.4, 0.5) is 5.82 Å². The van der Waals surface area contributed by atoms with E-state index < -0.39 is 0 Å². The highest BCUT2D eigenvalue weighted by molar-refractivity contribution is 5.87. The van der Waals surface area contributed by atoms with Crippen molar-refractivity contribution in [1.82, 2.24) is 29.3 Å².